The van der Waals surface area contributed by atoms with E-state index < -0.39 is 0 Å². The second kappa shape index (κ2) is 6.93. The Balaban J connectivity index is 1.50. The molecule has 0 saturated carbocycles. The van der Waals surface area contributed by atoms with Crippen LogP contribution in [0.25, 0.3) is 0 Å². The zero-order valence-electron chi connectivity index (χ0n) is 13.4. The number of hydrogen-bond donors (Lipinski definition) is 1. The van der Waals surface area contributed by atoms with Crippen LogP contribution in [0.3, 0.4) is 0 Å². The topological polar surface area (TPSA) is 96.2 Å². The second-order valence-electron chi connectivity index (χ2n) is 6.05. The van der Waals surface area contributed by atoms with E-state index in [-0.39, 0.29) is 17.9 Å². The number of urea groups is 1. The molecule has 2 fully saturated rings. The number of anilines is 1. The van der Waals surface area contributed by atoms with Crippen LogP contribution in [0, 0.1) is 5.92 Å². The standard InChI is InChI=1S/C14H23N7O2/c1-2-21-13(16-17-18-21)15-12(22)11-5-9-20(10-6-11)14(23)19-7-3-4-8-19/h11H,2-10H2,1H3,(H,15,16,18,22). The van der Waals surface area contributed by atoms with Gasteiger partial charge in [0.15, 0.2) is 0 Å². The molecular formula is C14H23N7O2. The highest BCUT2D eigenvalue weighted by atomic mass is 16.2. The van der Waals surface area contributed by atoms with Crippen LogP contribution < -0.4 is 5.32 Å². The molecule has 0 aliphatic carbocycles. The lowest BCUT2D eigenvalue weighted by Gasteiger charge is -2.33. The minimum absolute atomic E-state index is 0.0669. The average Bonchev–Trinajstić information content (AvgIpc) is 3.25. The number of hydrogen-bond acceptors (Lipinski definition) is 5. The van der Waals surface area contributed by atoms with E-state index in [1.165, 1.54) is 0 Å². The van der Waals surface area contributed by atoms with Crippen molar-refractivity contribution in [2.24, 2.45) is 5.92 Å². The number of tetrazole rings is 1. The van der Waals surface area contributed by atoms with Crippen LogP contribution in [-0.4, -0.2) is 68.1 Å². The van der Waals surface area contributed by atoms with Gasteiger partial charge in [-0.05, 0) is 43.0 Å². The maximum atomic E-state index is 12.3. The Hall–Kier alpha value is -2.19. The van der Waals surface area contributed by atoms with Crippen LogP contribution in [0.15, 0.2) is 0 Å². The first-order valence-electron chi connectivity index (χ1n) is 8.30. The molecule has 0 bridgehead atoms. The molecule has 23 heavy (non-hydrogen) atoms. The van der Waals surface area contributed by atoms with Crippen LogP contribution in [0.1, 0.15) is 32.6 Å². The van der Waals surface area contributed by atoms with Crippen molar-refractivity contribution in [1.82, 2.24) is 30.0 Å². The van der Waals surface area contributed by atoms with Gasteiger partial charge in [-0.2, -0.15) is 0 Å². The summed E-state index contributed by atoms with van der Waals surface area (Å²) < 4.78 is 1.55. The first-order chi connectivity index (χ1) is 11.2. The predicted molar refractivity (Wildman–Crippen MR) is 82.6 cm³/mol. The van der Waals surface area contributed by atoms with E-state index in [2.05, 4.69) is 20.8 Å². The van der Waals surface area contributed by atoms with E-state index in [1.807, 2.05) is 16.7 Å². The summed E-state index contributed by atoms with van der Waals surface area (Å²) in [6, 6.07) is 0.122. The van der Waals surface area contributed by atoms with Crippen molar-refractivity contribution in [1.29, 1.82) is 0 Å². The van der Waals surface area contributed by atoms with Gasteiger partial charge >= 0.3 is 6.03 Å². The average molecular weight is 321 g/mol. The number of rotatable bonds is 3. The van der Waals surface area contributed by atoms with Crippen LogP contribution in [0.4, 0.5) is 10.7 Å². The van der Waals surface area contributed by atoms with Gasteiger partial charge in [-0.3, -0.25) is 10.1 Å². The minimum atomic E-state index is -0.0976. The zero-order chi connectivity index (χ0) is 16.2. The Labute approximate surface area is 135 Å². The summed E-state index contributed by atoms with van der Waals surface area (Å²) in [5.74, 6) is 0.218. The van der Waals surface area contributed by atoms with Gasteiger partial charge in [-0.1, -0.05) is 5.10 Å². The maximum absolute atomic E-state index is 12.3. The Morgan fingerprint density at radius 2 is 1.78 bits per heavy atom. The number of aromatic nitrogens is 4. The van der Waals surface area contributed by atoms with Gasteiger partial charge < -0.3 is 9.80 Å². The normalized spacial score (nSPS) is 19.2. The fourth-order valence-electron chi connectivity index (χ4n) is 3.16. The number of likely N-dealkylation sites (tertiary alicyclic amines) is 2. The summed E-state index contributed by atoms with van der Waals surface area (Å²) in [6.45, 7) is 5.50. The summed E-state index contributed by atoms with van der Waals surface area (Å²) in [6.07, 6.45) is 3.55. The number of piperidine rings is 1. The van der Waals surface area contributed by atoms with Gasteiger partial charge in [0.1, 0.15) is 0 Å². The monoisotopic (exact) mass is 321 g/mol. The molecule has 0 unspecified atom stereocenters. The number of aryl methyl sites for hydroxylation is 1. The first kappa shape index (κ1) is 15.7. The van der Waals surface area contributed by atoms with Crippen molar-refractivity contribution in [2.45, 2.75) is 39.2 Å². The predicted octanol–water partition coefficient (Wildman–Crippen LogP) is 0.559. The van der Waals surface area contributed by atoms with Crippen molar-refractivity contribution in [3.05, 3.63) is 0 Å². The molecular weight excluding hydrogens is 298 g/mol. The largest absolute Gasteiger partial charge is 0.325 e. The third-order valence-corrected chi connectivity index (χ3v) is 4.58. The second-order valence-corrected chi connectivity index (χ2v) is 6.05. The van der Waals surface area contributed by atoms with Crippen LogP contribution >= 0.6 is 0 Å². The van der Waals surface area contributed by atoms with Gasteiger partial charge in [0.2, 0.25) is 11.9 Å². The van der Waals surface area contributed by atoms with Gasteiger partial charge in [-0.15, -0.1) is 0 Å². The quantitative estimate of drug-likeness (QED) is 0.877. The fraction of sp³-hybridized carbons (Fsp3) is 0.786. The molecule has 3 heterocycles. The lowest BCUT2D eigenvalue weighted by Crippen LogP contribution is -2.47. The molecule has 2 aliphatic rings. The number of carbonyl (C=O) groups is 2. The molecule has 3 rings (SSSR count). The number of amides is 3. The van der Waals surface area contributed by atoms with E-state index in [4.69, 9.17) is 0 Å². The summed E-state index contributed by atoms with van der Waals surface area (Å²) in [5, 5.41) is 14.0. The van der Waals surface area contributed by atoms with Crippen LogP contribution in [0.5, 0.6) is 0 Å². The molecule has 0 aromatic carbocycles. The Bertz CT molecular complexity index is 559. The highest BCUT2D eigenvalue weighted by Gasteiger charge is 2.30. The number of nitrogens with one attached hydrogen (secondary N) is 1. The summed E-state index contributed by atoms with van der Waals surface area (Å²) >= 11 is 0. The molecule has 126 valence electrons. The Kier molecular flexibility index (Phi) is 4.73. The van der Waals surface area contributed by atoms with Crippen molar-refractivity contribution in [3.8, 4) is 0 Å². The lowest BCUT2D eigenvalue weighted by molar-refractivity contribution is -0.121. The van der Waals surface area contributed by atoms with Crippen molar-refractivity contribution < 1.29 is 9.59 Å². The smallest absolute Gasteiger partial charge is 0.319 e. The minimum Gasteiger partial charge on any atom is -0.325 e. The van der Waals surface area contributed by atoms with Gasteiger partial charge in [-0.25, -0.2) is 9.48 Å². The number of carbonyl (C=O) groups excluding carboxylic acids is 2. The summed E-state index contributed by atoms with van der Waals surface area (Å²) in [5.41, 5.74) is 0. The van der Waals surface area contributed by atoms with E-state index in [1.54, 1.807) is 4.68 Å². The molecule has 1 aromatic heterocycles. The lowest BCUT2D eigenvalue weighted by atomic mass is 9.96. The molecule has 2 saturated heterocycles. The zero-order valence-corrected chi connectivity index (χ0v) is 13.4. The Morgan fingerprint density at radius 1 is 1.13 bits per heavy atom. The first-order valence-corrected chi connectivity index (χ1v) is 8.30. The SMILES string of the molecule is CCn1nnnc1NC(=O)C1CCN(C(=O)N2CCCC2)CC1. The highest BCUT2D eigenvalue weighted by molar-refractivity contribution is 5.91. The molecule has 9 nitrogen and oxygen atoms in total. The van der Waals surface area contributed by atoms with E-state index in [9.17, 15) is 9.59 Å². The Morgan fingerprint density at radius 3 is 2.43 bits per heavy atom. The molecule has 1 aromatic rings. The van der Waals surface area contributed by atoms with Crippen LogP contribution in [0.2, 0.25) is 0 Å². The van der Waals surface area contributed by atoms with Gasteiger partial charge in [0.25, 0.3) is 0 Å². The van der Waals surface area contributed by atoms with E-state index >= 15 is 0 Å². The molecule has 0 spiro atoms. The van der Waals surface area contributed by atoms with Crippen molar-refractivity contribution in [3.63, 3.8) is 0 Å². The molecule has 1 N–H and O–H groups in total. The van der Waals surface area contributed by atoms with Gasteiger partial charge in [0.05, 0.1) is 0 Å². The third-order valence-electron chi connectivity index (χ3n) is 4.58. The highest BCUT2D eigenvalue weighted by Crippen LogP contribution is 2.21. The molecule has 9 heteroatoms. The summed E-state index contributed by atoms with van der Waals surface area (Å²) in [4.78, 5) is 28.4. The fourth-order valence-corrected chi connectivity index (χ4v) is 3.16. The summed E-state index contributed by atoms with van der Waals surface area (Å²) in [7, 11) is 0. The molecule has 3 amide bonds. The molecule has 0 atom stereocenters. The van der Waals surface area contributed by atoms with E-state index in [0.29, 0.717) is 38.4 Å². The maximum Gasteiger partial charge on any atom is 0.319 e. The van der Waals surface area contributed by atoms with E-state index in [0.717, 1.165) is 25.9 Å². The van der Waals surface area contributed by atoms with Crippen molar-refractivity contribution in [2.75, 3.05) is 31.5 Å². The van der Waals surface area contributed by atoms with Gasteiger partial charge in [0, 0.05) is 38.6 Å². The van der Waals surface area contributed by atoms with Crippen molar-refractivity contribution >= 4 is 17.9 Å². The number of nitrogens with zero attached hydrogens (tertiary/aromatic N) is 6. The molecule has 2 aliphatic heterocycles. The molecule has 0 radical (unpaired) electrons. The third kappa shape index (κ3) is 3.43. The van der Waals surface area contributed by atoms with Crippen LogP contribution in [-0.2, 0) is 11.3 Å².